The number of benzene rings is 2. The van der Waals surface area contributed by atoms with E-state index in [1.54, 1.807) is 0 Å². The molecule has 124 valence electrons. The molecule has 2 aromatic rings. The molecule has 1 aliphatic rings. The Morgan fingerprint density at radius 2 is 1.88 bits per heavy atom. The molecule has 6 heteroatoms. The second-order valence-corrected chi connectivity index (χ2v) is 7.30. The number of hydrogen-bond donors (Lipinski definition) is 1. The fourth-order valence-electron chi connectivity index (χ4n) is 3.08. The van der Waals surface area contributed by atoms with Crippen LogP contribution in [0.1, 0.15) is 23.5 Å². The quantitative estimate of drug-likeness (QED) is 0.792. The third kappa shape index (κ3) is 3.32. The predicted molar refractivity (Wildman–Crippen MR) is 98.6 cm³/mol. The summed E-state index contributed by atoms with van der Waals surface area (Å²) >= 11 is 9.47. The molecule has 0 saturated heterocycles. The van der Waals surface area contributed by atoms with E-state index in [1.165, 1.54) is 4.90 Å². The van der Waals surface area contributed by atoms with Gasteiger partial charge in [0.15, 0.2) is 0 Å². The first-order chi connectivity index (χ1) is 11.5. The first kappa shape index (κ1) is 17.0. The molecule has 0 bridgehead atoms. The van der Waals surface area contributed by atoms with Gasteiger partial charge in [-0.25, -0.2) is 0 Å². The predicted octanol–water partition coefficient (Wildman–Crippen LogP) is 3.46. The lowest BCUT2D eigenvalue weighted by Crippen LogP contribution is -2.41. The van der Waals surface area contributed by atoms with E-state index in [9.17, 15) is 9.59 Å². The molecule has 2 N–H and O–H groups in total. The number of carbonyl (C=O) groups is 2. The number of amides is 2. The molecular weight excluding hydrogens is 392 g/mol. The zero-order valence-corrected chi connectivity index (χ0v) is 15.1. The Morgan fingerprint density at radius 3 is 2.54 bits per heavy atom. The van der Waals surface area contributed by atoms with E-state index >= 15 is 0 Å². The molecule has 1 heterocycles. The largest absolute Gasteiger partial charge is 0.368 e. The van der Waals surface area contributed by atoms with Gasteiger partial charge in [-0.05, 0) is 35.7 Å². The van der Waals surface area contributed by atoms with E-state index in [2.05, 4.69) is 15.9 Å². The van der Waals surface area contributed by atoms with Gasteiger partial charge in [-0.15, -0.1) is 0 Å². The van der Waals surface area contributed by atoms with Crippen LogP contribution in [0.4, 0.5) is 5.69 Å². The van der Waals surface area contributed by atoms with Gasteiger partial charge in [0.05, 0.1) is 4.83 Å². The molecular formula is C18H16BrClN2O2. The van der Waals surface area contributed by atoms with Crippen molar-refractivity contribution in [2.75, 3.05) is 11.4 Å². The molecule has 2 unspecified atom stereocenters. The van der Waals surface area contributed by atoms with Gasteiger partial charge < -0.3 is 10.6 Å². The number of halogens is 2. The molecule has 0 saturated carbocycles. The maximum Gasteiger partial charge on any atom is 0.241 e. The Labute approximate surface area is 153 Å². The van der Waals surface area contributed by atoms with Crippen LogP contribution in [-0.2, 0) is 9.59 Å². The summed E-state index contributed by atoms with van der Waals surface area (Å²) in [6.07, 6.45) is 0.590. The molecule has 0 fully saturated rings. The van der Waals surface area contributed by atoms with Gasteiger partial charge in [-0.2, -0.15) is 0 Å². The number of alkyl halides is 1. The number of fused-ring (bicyclic) bond motifs is 1. The molecule has 3 rings (SSSR count). The fourth-order valence-corrected chi connectivity index (χ4v) is 3.83. The van der Waals surface area contributed by atoms with Crippen molar-refractivity contribution < 1.29 is 9.59 Å². The summed E-state index contributed by atoms with van der Waals surface area (Å²) in [6, 6.07) is 15.3. The Kier molecular flexibility index (Phi) is 4.92. The monoisotopic (exact) mass is 406 g/mol. The van der Waals surface area contributed by atoms with Crippen LogP contribution in [0.25, 0.3) is 0 Å². The van der Waals surface area contributed by atoms with Crippen molar-refractivity contribution in [3.05, 3.63) is 64.7 Å². The van der Waals surface area contributed by atoms with E-state index < -0.39 is 10.7 Å². The Morgan fingerprint density at radius 1 is 1.21 bits per heavy atom. The van der Waals surface area contributed by atoms with Crippen molar-refractivity contribution in [2.24, 2.45) is 5.73 Å². The van der Waals surface area contributed by atoms with Crippen LogP contribution in [0.2, 0.25) is 5.02 Å². The molecule has 4 nitrogen and oxygen atoms in total. The average Bonchev–Trinajstić information content (AvgIpc) is 2.66. The van der Waals surface area contributed by atoms with E-state index in [-0.39, 0.29) is 18.4 Å². The first-order valence-electron chi connectivity index (χ1n) is 7.55. The number of hydrogen-bond acceptors (Lipinski definition) is 2. The van der Waals surface area contributed by atoms with Crippen LogP contribution in [-0.4, -0.2) is 23.2 Å². The van der Waals surface area contributed by atoms with Gasteiger partial charge in [0.2, 0.25) is 11.8 Å². The highest BCUT2D eigenvalue weighted by atomic mass is 79.9. The van der Waals surface area contributed by atoms with Gasteiger partial charge in [0.1, 0.15) is 6.54 Å². The van der Waals surface area contributed by atoms with Crippen LogP contribution in [0.15, 0.2) is 48.5 Å². The Hall–Kier alpha value is -1.85. The number of anilines is 1. The molecule has 2 aromatic carbocycles. The first-order valence-corrected chi connectivity index (χ1v) is 8.85. The van der Waals surface area contributed by atoms with Crippen LogP contribution < -0.4 is 10.6 Å². The molecule has 2 amide bonds. The summed E-state index contributed by atoms with van der Waals surface area (Å²) in [5.41, 5.74) is 8.13. The van der Waals surface area contributed by atoms with Crippen molar-refractivity contribution in [3.8, 4) is 0 Å². The standard InChI is InChI=1S/C18H16BrClN2O2/c19-15-9-14(11-5-7-12(20)8-6-11)13-3-1-2-4-16(13)22(18(15)24)10-17(21)23/h1-8,14-15H,9-10H2,(H2,21,23). The van der Waals surface area contributed by atoms with Gasteiger partial charge in [-0.3, -0.25) is 9.59 Å². The fraction of sp³-hybridized carbons (Fsp3) is 0.222. The second kappa shape index (κ2) is 6.95. The summed E-state index contributed by atoms with van der Waals surface area (Å²) in [6.45, 7) is -0.134. The van der Waals surface area contributed by atoms with E-state index in [1.807, 2.05) is 48.5 Å². The highest BCUT2D eigenvalue weighted by Gasteiger charge is 2.34. The van der Waals surface area contributed by atoms with Crippen molar-refractivity contribution in [3.63, 3.8) is 0 Å². The van der Waals surface area contributed by atoms with E-state index in [4.69, 9.17) is 17.3 Å². The minimum atomic E-state index is -0.539. The van der Waals surface area contributed by atoms with Crippen molar-refractivity contribution in [2.45, 2.75) is 17.2 Å². The molecule has 0 aliphatic carbocycles. The number of primary amides is 1. The molecule has 0 aromatic heterocycles. The number of nitrogens with two attached hydrogens (primary N) is 1. The zero-order chi connectivity index (χ0) is 17.3. The summed E-state index contributed by atoms with van der Waals surface area (Å²) in [4.78, 5) is 25.2. The minimum absolute atomic E-state index is 0.0182. The van der Waals surface area contributed by atoms with Crippen LogP contribution >= 0.6 is 27.5 Å². The number of carbonyl (C=O) groups excluding carboxylic acids is 2. The van der Waals surface area contributed by atoms with Crippen LogP contribution in [0.5, 0.6) is 0 Å². The smallest absolute Gasteiger partial charge is 0.241 e. The van der Waals surface area contributed by atoms with E-state index in [0.717, 1.165) is 16.8 Å². The third-order valence-electron chi connectivity index (χ3n) is 4.17. The summed E-state index contributed by atoms with van der Waals surface area (Å²) in [5, 5.41) is 0.669. The van der Waals surface area contributed by atoms with Crippen LogP contribution in [0, 0.1) is 0 Å². The van der Waals surface area contributed by atoms with Gasteiger partial charge in [0, 0.05) is 16.6 Å². The zero-order valence-electron chi connectivity index (χ0n) is 12.8. The van der Waals surface area contributed by atoms with E-state index in [0.29, 0.717) is 11.4 Å². The summed E-state index contributed by atoms with van der Waals surface area (Å²) in [7, 11) is 0. The molecule has 1 aliphatic heterocycles. The average molecular weight is 408 g/mol. The summed E-state index contributed by atoms with van der Waals surface area (Å²) in [5.74, 6) is -0.676. The van der Waals surface area contributed by atoms with Crippen molar-refractivity contribution >= 4 is 45.0 Å². The van der Waals surface area contributed by atoms with Gasteiger partial charge >= 0.3 is 0 Å². The molecule has 24 heavy (non-hydrogen) atoms. The van der Waals surface area contributed by atoms with Crippen molar-refractivity contribution in [1.29, 1.82) is 0 Å². The SMILES string of the molecule is NC(=O)CN1C(=O)C(Br)CC(c2ccc(Cl)cc2)c2ccccc21. The number of nitrogens with zero attached hydrogens (tertiary/aromatic N) is 1. The lowest BCUT2D eigenvalue weighted by Gasteiger charge is -2.23. The highest BCUT2D eigenvalue weighted by molar-refractivity contribution is 9.10. The number of rotatable bonds is 3. The molecule has 0 radical (unpaired) electrons. The minimum Gasteiger partial charge on any atom is -0.368 e. The second-order valence-electron chi connectivity index (χ2n) is 5.76. The lowest BCUT2D eigenvalue weighted by molar-refractivity contribution is -0.122. The maximum atomic E-state index is 12.7. The normalized spacial score (nSPS) is 20.4. The Balaban J connectivity index is 2.12. The number of para-hydroxylation sites is 1. The third-order valence-corrected chi connectivity index (χ3v) is 5.18. The molecule has 0 spiro atoms. The highest BCUT2D eigenvalue weighted by Crippen LogP contribution is 2.40. The molecule has 2 atom stereocenters. The van der Waals surface area contributed by atoms with Gasteiger partial charge in [0.25, 0.3) is 0 Å². The topological polar surface area (TPSA) is 63.4 Å². The summed E-state index contributed by atoms with van der Waals surface area (Å²) < 4.78 is 0. The van der Waals surface area contributed by atoms with Crippen LogP contribution in [0.3, 0.4) is 0 Å². The maximum absolute atomic E-state index is 12.7. The van der Waals surface area contributed by atoms with Crippen molar-refractivity contribution in [1.82, 2.24) is 0 Å². The Bertz CT molecular complexity index is 779. The lowest BCUT2D eigenvalue weighted by atomic mass is 9.87. The van der Waals surface area contributed by atoms with Gasteiger partial charge in [-0.1, -0.05) is 57.9 Å².